The standard InChI is InChI=1S/C21H30N6O3S/c1-13(2)23-19(29)14-6-5-9-26(10-14)21-25-18-17(31-21)20(30)27(12-22-18)11-16(28)24-15-7-3-4-8-15/h12-15H,3-11H2,1-2H3,(H,23,29)(H,24,28)/t14-/m0/s1. The Balaban J connectivity index is 1.47. The number of nitrogens with zero attached hydrogens (tertiary/aromatic N) is 4. The van der Waals surface area contributed by atoms with E-state index in [1.165, 1.54) is 22.2 Å². The number of anilines is 1. The number of carbonyl (C=O) groups excluding carboxylic acids is 2. The first-order valence-corrected chi connectivity index (χ1v) is 11.9. The molecule has 2 aromatic rings. The van der Waals surface area contributed by atoms with Crippen molar-refractivity contribution in [3.63, 3.8) is 0 Å². The van der Waals surface area contributed by atoms with Gasteiger partial charge >= 0.3 is 0 Å². The molecule has 2 amide bonds. The second kappa shape index (κ2) is 9.33. The molecule has 3 heterocycles. The highest BCUT2D eigenvalue weighted by Gasteiger charge is 2.28. The summed E-state index contributed by atoms with van der Waals surface area (Å²) in [5.74, 6) is -0.184. The number of hydrogen-bond acceptors (Lipinski definition) is 7. The Morgan fingerprint density at radius 3 is 2.74 bits per heavy atom. The molecule has 168 valence electrons. The van der Waals surface area contributed by atoms with Crippen molar-refractivity contribution in [3.05, 3.63) is 16.7 Å². The molecule has 0 spiro atoms. The normalized spacial score (nSPS) is 19.8. The average molecular weight is 447 g/mol. The van der Waals surface area contributed by atoms with E-state index in [4.69, 9.17) is 0 Å². The zero-order chi connectivity index (χ0) is 22.0. The Kier molecular flexibility index (Phi) is 6.54. The zero-order valence-electron chi connectivity index (χ0n) is 18.1. The van der Waals surface area contributed by atoms with Crippen molar-refractivity contribution in [2.24, 2.45) is 5.92 Å². The molecule has 0 unspecified atom stereocenters. The van der Waals surface area contributed by atoms with Crippen LogP contribution in [0.15, 0.2) is 11.1 Å². The zero-order valence-corrected chi connectivity index (χ0v) is 18.9. The lowest BCUT2D eigenvalue weighted by Gasteiger charge is -2.32. The number of hydrogen-bond donors (Lipinski definition) is 2. The lowest BCUT2D eigenvalue weighted by molar-refractivity contribution is -0.125. The smallest absolute Gasteiger partial charge is 0.273 e. The van der Waals surface area contributed by atoms with Gasteiger partial charge < -0.3 is 15.5 Å². The monoisotopic (exact) mass is 446 g/mol. The molecular weight excluding hydrogens is 416 g/mol. The van der Waals surface area contributed by atoms with Gasteiger partial charge in [-0.25, -0.2) is 4.98 Å². The van der Waals surface area contributed by atoms with Crippen molar-refractivity contribution in [1.29, 1.82) is 0 Å². The van der Waals surface area contributed by atoms with Gasteiger partial charge in [0.15, 0.2) is 10.8 Å². The van der Waals surface area contributed by atoms with Gasteiger partial charge in [-0.3, -0.25) is 19.0 Å². The predicted molar refractivity (Wildman–Crippen MR) is 120 cm³/mol. The van der Waals surface area contributed by atoms with E-state index in [2.05, 4.69) is 25.5 Å². The van der Waals surface area contributed by atoms with E-state index in [9.17, 15) is 14.4 Å². The topological polar surface area (TPSA) is 109 Å². The highest BCUT2D eigenvalue weighted by atomic mass is 32.1. The second-order valence-corrected chi connectivity index (χ2v) is 9.80. The van der Waals surface area contributed by atoms with Gasteiger partial charge in [0.05, 0.1) is 5.92 Å². The van der Waals surface area contributed by atoms with E-state index in [-0.39, 0.29) is 41.9 Å². The number of aromatic nitrogens is 3. The molecule has 2 N–H and O–H groups in total. The SMILES string of the molecule is CC(C)NC(=O)[C@H]1CCCN(c2nc3ncn(CC(=O)NC4CCCC4)c(=O)c3s2)C1. The van der Waals surface area contributed by atoms with Gasteiger partial charge in [0.25, 0.3) is 5.56 Å². The van der Waals surface area contributed by atoms with Gasteiger partial charge in [-0.15, -0.1) is 0 Å². The lowest BCUT2D eigenvalue weighted by Crippen LogP contribution is -2.44. The van der Waals surface area contributed by atoms with E-state index in [1.807, 2.05) is 13.8 Å². The minimum atomic E-state index is -0.249. The quantitative estimate of drug-likeness (QED) is 0.698. The van der Waals surface area contributed by atoms with E-state index >= 15 is 0 Å². The molecule has 0 radical (unpaired) electrons. The van der Waals surface area contributed by atoms with Crippen LogP contribution in [-0.4, -0.2) is 51.5 Å². The van der Waals surface area contributed by atoms with Crippen molar-refractivity contribution in [3.8, 4) is 0 Å². The fourth-order valence-electron chi connectivity index (χ4n) is 4.35. The van der Waals surface area contributed by atoms with Gasteiger partial charge in [-0.05, 0) is 39.5 Å². The van der Waals surface area contributed by atoms with Gasteiger partial charge in [-0.1, -0.05) is 24.2 Å². The van der Waals surface area contributed by atoms with Crippen LogP contribution in [0, 0.1) is 5.92 Å². The van der Waals surface area contributed by atoms with E-state index in [0.717, 1.165) is 45.1 Å². The van der Waals surface area contributed by atoms with Gasteiger partial charge in [0.2, 0.25) is 11.8 Å². The third-order valence-corrected chi connectivity index (χ3v) is 6.99. The molecule has 0 bridgehead atoms. The Labute approximate surface area is 185 Å². The van der Waals surface area contributed by atoms with E-state index in [1.54, 1.807) is 0 Å². The van der Waals surface area contributed by atoms with Crippen molar-refractivity contribution < 1.29 is 9.59 Å². The maximum absolute atomic E-state index is 12.9. The first kappa shape index (κ1) is 21.7. The molecule has 1 atom stereocenters. The fraction of sp³-hybridized carbons (Fsp3) is 0.667. The third kappa shape index (κ3) is 5.06. The molecule has 1 aliphatic heterocycles. The second-order valence-electron chi connectivity index (χ2n) is 8.82. The van der Waals surface area contributed by atoms with Gasteiger partial charge in [-0.2, -0.15) is 4.98 Å². The summed E-state index contributed by atoms with van der Waals surface area (Å²) in [5.41, 5.74) is 0.146. The molecule has 10 heteroatoms. The van der Waals surface area contributed by atoms with Crippen molar-refractivity contribution >= 4 is 38.6 Å². The first-order valence-electron chi connectivity index (χ1n) is 11.1. The summed E-state index contributed by atoms with van der Waals surface area (Å²) in [4.78, 5) is 48.6. The van der Waals surface area contributed by atoms with Crippen LogP contribution in [0.3, 0.4) is 0 Å². The van der Waals surface area contributed by atoms with Crippen molar-refractivity contribution in [2.45, 2.75) is 71.0 Å². The molecule has 1 saturated heterocycles. The molecule has 2 fully saturated rings. The number of amides is 2. The Hall–Kier alpha value is -2.49. The van der Waals surface area contributed by atoms with E-state index < -0.39 is 0 Å². The number of nitrogens with one attached hydrogen (secondary N) is 2. The summed E-state index contributed by atoms with van der Waals surface area (Å²) < 4.78 is 1.80. The summed E-state index contributed by atoms with van der Waals surface area (Å²) in [6.45, 7) is 5.25. The number of piperidine rings is 1. The van der Waals surface area contributed by atoms with Crippen LogP contribution in [0.1, 0.15) is 52.4 Å². The van der Waals surface area contributed by atoms with Crippen LogP contribution in [0.4, 0.5) is 5.13 Å². The molecule has 2 aliphatic rings. The highest BCUT2D eigenvalue weighted by molar-refractivity contribution is 7.22. The van der Waals surface area contributed by atoms with Gasteiger partial charge in [0.1, 0.15) is 17.6 Å². The summed E-state index contributed by atoms with van der Waals surface area (Å²) in [7, 11) is 0. The molecule has 0 aromatic carbocycles. The van der Waals surface area contributed by atoms with Crippen LogP contribution in [0.25, 0.3) is 10.3 Å². The molecule has 1 aliphatic carbocycles. The van der Waals surface area contributed by atoms with Crippen molar-refractivity contribution in [2.75, 3.05) is 18.0 Å². The van der Waals surface area contributed by atoms with Crippen molar-refractivity contribution in [1.82, 2.24) is 25.2 Å². The highest BCUT2D eigenvalue weighted by Crippen LogP contribution is 2.29. The van der Waals surface area contributed by atoms with Crippen LogP contribution in [-0.2, 0) is 16.1 Å². The molecule has 1 saturated carbocycles. The molecule has 4 rings (SSSR count). The fourth-order valence-corrected chi connectivity index (χ4v) is 5.35. The van der Waals surface area contributed by atoms with E-state index in [0.29, 0.717) is 22.0 Å². The third-order valence-electron chi connectivity index (χ3n) is 5.90. The summed E-state index contributed by atoms with van der Waals surface area (Å²) in [6, 6.07) is 0.328. The number of rotatable bonds is 6. The maximum atomic E-state index is 12.9. The minimum Gasteiger partial charge on any atom is -0.354 e. The van der Waals surface area contributed by atoms with Crippen LogP contribution in [0.2, 0.25) is 0 Å². The number of thiazole rings is 1. The molecule has 31 heavy (non-hydrogen) atoms. The lowest BCUT2D eigenvalue weighted by atomic mass is 9.97. The number of carbonyl (C=O) groups is 2. The Morgan fingerprint density at radius 1 is 1.23 bits per heavy atom. The average Bonchev–Trinajstić information content (AvgIpc) is 3.40. The summed E-state index contributed by atoms with van der Waals surface area (Å²) in [5, 5.41) is 6.69. The largest absolute Gasteiger partial charge is 0.354 e. The van der Waals surface area contributed by atoms with Gasteiger partial charge in [0, 0.05) is 25.2 Å². The molecular formula is C21H30N6O3S. The first-order chi connectivity index (χ1) is 14.9. The molecule has 9 nitrogen and oxygen atoms in total. The predicted octanol–water partition coefficient (Wildman–Crippen LogP) is 1.65. The summed E-state index contributed by atoms with van der Waals surface area (Å²) >= 11 is 1.29. The Bertz CT molecular complexity index is 1010. The summed E-state index contributed by atoms with van der Waals surface area (Å²) in [6.07, 6.45) is 7.42. The van der Waals surface area contributed by atoms with Crippen LogP contribution < -0.4 is 21.1 Å². The molecule has 2 aromatic heterocycles. The van der Waals surface area contributed by atoms with Crippen LogP contribution in [0.5, 0.6) is 0 Å². The van der Waals surface area contributed by atoms with Crippen LogP contribution >= 0.6 is 11.3 Å². The minimum absolute atomic E-state index is 0.0351. The Morgan fingerprint density at radius 2 is 2.00 bits per heavy atom. The maximum Gasteiger partial charge on any atom is 0.273 e. The number of fused-ring (bicyclic) bond motifs is 1.